The Morgan fingerprint density at radius 1 is 1.26 bits per heavy atom. The number of carbonyl (C=O) groups is 1. The maximum Gasteiger partial charge on any atom is 0.292 e. The average Bonchev–Trinajstić information content (AvgIpc) is 3.16. The Balaban J connectivity index is 1.86. The van der Waals surface area contributed by atoms with Crippen molar-refractivity contribution in [2.24, 2.45) is 7.05 Å². The van der Waals surface area contributed by atoms with Crippen LogP contribution in [0.4, 0.5) is 5.82 Å². The molecule has 4 rings (SSSR count). The number of aryl methyl sites for hydroxylation is 2. The number of furan rings is 1. The standard InChI is InChI=1S/C17H14N4O2/c1-10-5-3-6-11-9-12-15(19-17(22)13-7-4-8-23-13)20-21(2)16(12)18-14(10)11/h3-9H,1-2H3,(H,19,20,22). The molecule has 0 radical (unpaired) electrons. The number of nitrogens with zero attached hydrogens (tertiary/aromatic N) is 3. The third-order valence-electron chi connectivity index (χ3n) is 3.82. The van der Waals surface area contributed by atoms with Crippen molar-refractivity contribution in [1.29, 1.82) is 0 Å². The van der Waals surface area contributed by atoms with E-state index >= 15 is 0 Å². The Kier molecular flexibility index (Phi) is 2.90. The lowest BCUT2D eigenvalue weighted by Crippen LogP contribution is -2.11. The fourth-order valence-corrected chi connectivity index (χ4v) is 2.68. The number of para-hydroxylation sites is 1. The van der Waals surface area contributed by atoms with Crippen LogP contribution in [0.5, 0.6) is 0 Å². The molecule has 6 heteroatoms. The number of rotatable bonds is 2. The number of hydrogen-bond donors (Lipinski definition) is 1. The highest BCUT2D eigenvalue weighted by Crippen LogP contribution is 2.27. The van der Waals surface area contributed by atoms with Gasteiger partial charge in [0, 0.05) is 12.4 Å². The summed E-state index contributed by atoms with van der Waals surface area (Å²) in [5, 5.41) is 8.97. The zero-order valence-corrected chi connectivity index (χ0v) is 12.7. The monoisotopic (exact) mass is 306 g/mol. The zero-order valence-electron chi connectivity index (χ0n) is 12.7. The molecule has 0 bridgehead atoms. The number of nitrogens with one attached hydrogen (secondary N) is 1. The van der Waals surface area contributed by atoms with Crippen molar-refractivity contribution in [2.75, 3.05) is 5.32 Å². The van der Waals surface area contributed by atoms with Crippen molar-refractivity contribution in [3.8, 4) is 0 Å². The molecule has 0 saturated heterocycles. The summed E-state index contributed by atoms with van der Waals surface area (Å²) >= 11 is 0. The van der Waals surface area contributed by atoms with Gasteiger partial charge >= 0.3 is 0 Å². The van der Waals surface area contributed by atoms with Gasteiger partial charge in [-0.3, -0.25) is 4.79 Å². The minimum absolute atomic E-state index is 0.244. The van der Waals surface area contributed by atoms with E-state index in [-0.39, 0.29) is 11.7 Å². The molecule has 0 fully saturated rings. The smallest absolute Gasteiger partial charge is 0.292 e. The highest BCUT2D eigenvalue weighted by Gasteiger charge is 2.16. The van der Waals surface area contributed by atoms with Gasteiger partial charge in [0.05, 0.1) is 17.2 Å². The zero-order chi connectivity index (χ0) is 16.0. The molecular weight excluding hydrogens is 292 g/mol. The molecule has 23 heavy (non-hydrogen) atoms. The molecule has 3 heterocycles. The average molecular weight is 306 g/mol. The van der Waals surface area contributed by atoms with Crippen molar-refractivity contribution in [2.45, 2.75) is 6.92 Å². The van der Waals surface area contributed by atoms with Crippen molar-refractivity contribution >= 4 is 33.7 Å². The van der Waals surface area contributed by atoms with E-state index in [1.807, 2.05) is 38.2 Å². The van der Waals surface area contributed by atoms with Crippen LogP contribution in [-0.2, 0) is 7.05 Å². The molecule has 1 aromatic carbocycles. The fraction of sp³-hybridized carbons (Fsp3) is 0.118. The molecule has 0 unspecified atom stereocenters. The van der Waals surface area contributed by atoms with Gasteiger partial charge in [-0.1, -0.05) is 18.2 Å². The van der Waals surface area contributed by atoms with Crippen LogP contribution in [0.1, 0.15) is 16.1 Å². The summed E-state index contributed by atoms with van der Waals surface area (Å²) in [4.78, 5) is 16.9. The maximum atomic E-state index is 12.2. The minimum Gasteiger partial charge on any atom is -0.459 e. The molecule has 6 nitrogen and oxygen atoms in total. The van der Waals surface area contributed by atoms with Crippen LogP contribution < -0.4 is 5.32 Å². The van der Waals surface area contributed by atoms with Crippen LogP contribution in [0.25, 0.3) is 21.9 Å². The number of benzene rings is 1. The summed E-state index contributed by atoms with van der Waals surface area (Å²) in [6.07, 6.45) is 1.46. The van der Waals surface area contributed by atoms with E-state index in [9.17, 15) is 4.79 Å². The lowest BCUT2D eigenvalue weighted by Gasteiger charge is -2.03. The Morgan fingerprint density at radius 2 is 2.13 bits per heavy atom. The van der Waals surface area contributed by atoms with Crippen LogP contribution in [0, 0.1) is 6.92 Å². The van der Waals surface area contributed by atoms with Crippen LogP contribution in [0.3, 0.4) is 0 Å². The fourth-order valence-electron chi connectivity index (χ4n) is 2.68. The van der Waals surface area contributed by atoms with Gasteiger partial charge in [-0.05, 0) is 30.7 Å². The molecule has 4 aromatic rings. The second kappa shape index (κ2) is 4.95. The third kappa shape index (κ3) is 2.15. The van der Waals surface area contributed by atoms with Gasteiger partial charge in [0.1, 0.15) is 0 Å². The second-order valence-electron chi connectivity index (χ2n) is 5.41. The Morgan fingerprint density at radius 3 is 2.91 bits per heavy atom. The number of carbonyl (C=O) groups excluding carboxylic acids is 1. The van der Waals surface area contributed by atoms with Gasteiger partial charge in [0.2, 0.25) is 0 Å². The molecule has 0 aliphatic rings. The minimum atomic E-state index is -0.334. The van der Waals surface area contributed by atoms with Crippen LogP contribution >= 0.6 is 0 Å². The van der Waals surface area contributed by atoms with Crippen molar-refractivity contribution < 1.29 is 9.21 Å². The molecule has 1 N–H and O–H groups in total. The van der Waals surface area contributed by atoms with Crippen molar-refractivity contribution in [3.05, 3.63) is 54.0 Å². The summed E-state index contributed by atoms with van der Waals surface area (Å²) in [6.45, 7) is 2.02. The number of pyridine rings is 1. The highest BCUT2D eigenvalue weighted by atomic mass is 16.3. The van der Waals surface area contributed by atoms with Gasteiger partial charge in [-0.2, -0.15) is 5.10 Å². The van der Waals surface area contributed by atoms with Gasteiger partial charge in [-0.25, -0.2) is 9.67 Å². The van der Waals surface area contributed by atoms with E-state index < -0.39 is 0 Å². The van der Waals surface area contributed by atoms with Crippen LogP contribution in [0.2, 0.25) is 0 Å². The van der Waals surface area contributed by atoms with Gasteiger partial charge in [0.25, 0.3) is 5.91 Å². The van der Waals surface area contributed by atoms with Crippen molar-refractivity contribution in [3.63, 3.8) is 0 Å². The number of anilines is 1. The summed E-state index contributed by atoms with van der Waals surface area (Å²) in [5.41, 5.74) is 2.76. The number of aromatic nitrogens is 3. The number of fused-ring (bicyclic) bond motifs is 2. The summed E-state index contributed by atoms with van der Waals surface area (Å²) in [5.74, 6) is 0.382. The lowest BCUT2D eigenvalue weighted by atomic mass is 10.1. The lowest BCUT2D eigenvalue weighted by molar-refractivity contribution is 0.0996. The van der Waals surface area contributed by atoms with Gasteiger partial charge in [-0.15, -0.1) is 0 Å². The molecule has 0 atom stereocenters. The number of hydrogen-bond acceptors (Lipinski definition) is 4. The molecule has 0 aliphatic carbocycles. The molecule has 114 valence electrons. The summed E-state index contributed by atoms with van der Waals surface area (Å²) in [7, 11) is 1.81. The van der Waals surface area contributed by atoms with E-state index in [0.717, 1.165) is 27.5 Å². The first-order valence-electron chi connectivity index (χ1n) is 7.21. The van der Waals surface area contributed by atoms with Crippen molar-refractivity contribution in [1.82, 2.24) is 14.8 Å². The number of amides is 1. The van der Waals surface area contributed by atoms with E-state index in [1.165, 1.54) is 6.26 Å². The first kappa shape index (κ1) is 13.5. The molecule has 1 amide bonds. The molecule has 3 aromatic heterocycles. The Hall–Kier alpha value is -3.15. The molecule has 0 aliphatic heterocycles. The Bertz CT molecular complexity index is 1030. The first-order chi connectivity index (χ1) is 11.1. The molecule has 0 saturated carbocycles. The Labute approximate surface area is 131 Å². The van der Waals surface area contributed by atoms with E-state index in [4.69, 9.17) is 9.40 Å². The first-order valence-corrected chi connectivity index (χ1v) is 7.21. The summed E-state index contributed by atoms with van der Waals surface area (Å²) < 4.78 is 6.78. The van der Waals surface area contributed by atoms with Gasteiger partial charge < -0.3 is 9.73 Å². The van der Waals surface area contributed by atoms with Crippen LogP contribution in [-0.4, -0.2) is 20.7 Å². The topological polar surface area (TPSA) is 73.0 Å². The van der Waals surface area contributed by atoms with E-state index in [0.29, 0.717) is 5.82 Å². The van der Waals surface area contributed by atoms with E-state index in [2.05, 4.69) is 10.4 Å². The largest absolute Gasteiger partial charge is 0.459 e. The molecule has 0 spiro atoms. The third-order valence-corrected chi connectivity index (χ3v) is 3.82. The second-order valence-corrected chi connectivity index (χ2v) is 5.41. The molecular formula is C17H14N4O2. The maximum absolute atomic E-state index is 12.2. The van der Waals surface area contributed by atoms with E-state index in [1.54, 1.807) is 16.8 Å². The van der Waals surface area contributed by atoms with Crippen LogP contribution in [0.15, 0.2) is 47.1 Å². The normalized spacial score (nSPS) is 11.2. The highest BCUT2D eigenvalue weighted by molar-refractivity contribution is 6.07. The van der Waals surface area contributed by atoms with Gasteiger partial charge in [0.15, 0.2) is 17.2 Å². The predicted octanol–water partition coefficient (Wildman–Crippen LogP) is 3.28. The predicted molar refractivity (Wildman–Crippen MR) is 87.4 cm³/mol. The SMILES string of the molecule is Cc1cccc2cc3c(NC(=O)c4ccco4)nn(C)c3nc12. The summed E-state index contributed by atoms with van der Waals surface area (Å²) in [6, 6.07) is 11.3. The quantitative estimate of drug-likeness (QED) is 0.617.